The second-order valence-corrected chi connectivity index (χ2v) is 12.8. The van der Waals surface area contributed by atoms with E-state index in [9.17, 15) is 0 Å². The molecule has 0 aromatic carbocycles. The number of H-pyrrole nitrogens is 2. The molecule has 0 atom stereocenters. The molecule has 0 unspecified atom stereocenters. The number of aromatic nitrogens is 4. The first-order valence-corrected chi connectivity index (χ1v) is 15.4. The van der Waals surface area contributed by atoms with Crippen molar-refractivity contribution in [2.24, 2.45) is 11.3 Å². The molecule has 2 aliphatic carbocycles. The highest BCUT2D eigenvalue weighted by Crippen LogP contribution is 2.42. The molecular weight excluding hydrogens is 458 g/mol. The third-order valence-electron chi connectivity index (χ3n) is 10.4. The molecule has 2 saturated heterocycles. The molecule has 2 N–H and O–H groups in total. The van der Waals surface area contributed by atoms with Crippen molar-refractivity contribution in [1.82, 2.24) is 34.6 Å². The summed E-state index contributed by atoms with van der Waals surface area (Å²) in [5.41, 5.74) is 0.615. The van der Waals surface area contributed by atoms with E-state index < -0.39 is 0 Å². The van der Waals surface area contributed by atoms with Gasteiger partial charge in [0.1, 0.15) is 11.6 Å². The Kier molecular flexibility index (Phi) is 8.29. The largest absolute Gasteiger partial charge is 0.348 e. The van der Waals surface area contributed by atoms with E-state index >= 15 is 0 Å². The Bertz CT molecular complexity index is 868. The van der Waals surface area contributed by atoms with Gasteiger partial charge in [-0.15, -0.1) is 0 Å². The number of rotatable bonds is 8. The van der Waals surface area contributed by atoms with Crippen molar-refractivity contribution in [3.05, 3.63) is 36.4 Å². The molecule has 7 nitrogen and oxygen atoms in total. The molecule has 4 aliphatic rings. The third-order valence-corrected chi connectivity index (χ3v) is 10.4. The van der Waals surface area contributed by atoms with Gasteiger partial charge in [-0.05, 0) is 95.2 Å². The lowest BCUT2D eigenvalue weighted by atomic mass is 9.71. The fourth-order valence-corrected chi connectivity index (χ4v) is 8.21. The molecule has 0 radical (unpaired) electrons. The number of hydrogen-bond donors (Lipinski definition) is 2. The molecule has 1 spiro atoms. The summed E-state index contributed by atoms with van der Waals surface area (Å²) in [4.78, 5) is 24.0. The Morgan fingerprint density at radius 2 is 1.46 bits per heavy atom. The number of nitrogens with zero attached hydrogens (tertiary/aromatic N) is 5. The van der Waals surface area contributed by atoms with E-state index in [0.717, 1.165) is 36.7 Å². The average molecular weight is 508 g/mol. The molecule has 2 aromatic rings. The number of imidazole rings is 2. The molecule has 2 saturated carbocycles. The minimum absolute atomic E-state index is 0.614. The predicted octanol–water partition coefficient (Wildman–Crippen LogP) is 5.20. The van der Waals surface area contributed by atoms with Crippen molar-refractivity contribution >= 4 is 0 Å². The van der Waals surface area contributed by atoms with Crippen molar-refractivity contribution in [3.8, 4) is 0 Å². The molecule has 4 heterocycles. The van der Waals surface area contributed by atoms with Gasteiger partial charge in [-0.3, -0.25) is 4.90 Å². The summed E-state index contributed by atoms with van der Waals surface area (Å²) in [6.07, 6.45) is 26.0. The zero-order valence-electron chi connectivity index (χ0n) is 22.9. The summed E-state index contributed by atoms with van der Waals surface area (Å²) >= 11 is 0. The minimum Gasteiger partial charge on any atom is -0.348 e. The van der Waals surface area contributed by atoms with Crippen LogP contribution >= 0.6 is 0 Å². The van der Waals surface area contributed by atoms with Crippen LogP contribution in [0.5, 0.6) is 0 Å². The number of piperidine rings is 2. The van der Waals surface area contributed by atoms with Crippen LogP contribution < -0.4 is 0 Å². The van der Waals surface area contributed by atoms with Gasteiger partial charge in [0.2, 0.25) is 0 Å². The Morgan fingerprint density at radius 3 is 2.08 bits per heavy atom. The maximum Gasteiger partial charge on any atom is 0.120 e. The van der Waals surface area contributed by atoms with Crippen LogP contribution in [0.1, 0.15) is 95.1 Å². The first-order valence-electron chi connectivity index (χ1n) is 15.4. The number of aromatic amines is 2. The maximum absolute atomic E-state index is 4.51. The van der Waals surface area contributed by atoms with Gasteiger partial charge in [0.25, 0.3) is 0 Å². The molecule has 7 heteroatoms. The zero-order valence-corrected chi connectivity index (χ0v) is 22.9. The number of likely N-dealkylation sites (tertiary alicyclic amines) is 2. The van der Waals surface area contributed by atoms with Crippen LogP contribution in [0.3, 0.4) is 0 Å². The highest BCUT2D eigenvalue weighted by Gasteiger charge is 2.40. The van der Waals surface area contributed by atoms with Crippen LogP contribution in [0.4, 0.5) is 0 Å². The van der Waals surface area contributed by atoms with Gasteiger partial charge in [-0.1, -0.05) is 19.3 Å². The van der Waals surface area contributed by atoms with E-state index in [1.807, 2.05) is 24.8 Å². The lowest BCUT2D eigenvalue weighted by Gasteiger charge is -2.50. The fourth-order valence-electron chi connectivity index (χ4n) is 8.21. The van der Waals surface area contributed by atoms with E-state index in [1.54, 1.807) is 0 Å². The van der Waals surface area contributed by atoms with Gasteiger partial charge in [0.15, 0.2) is 0 Å². The Labute approximate surface area is 223 Å². The van der Waals surface area contributed by atoms with Crippen LogP contribution in [-0.4, -0.2) is 79.4 Å². The first-order chi connectivity index (χ1) is 18.2. The quantitative estimate of drug-likeness (QED) is 0.514. The summed E-state index contributed by atoms with van der Waals surface area (Å²) < 4.78 is 0. The summed E-state index contributed by atoms with van der Waals surface area (Å²) in [5.74, 6) is 2.98. The number of hydrogen-bond acceptors (Lipinski definition) is 5. The van der Waals surface area contributed by atoms with Crippen molar-refractivity contribution in [2.45, 2.75) is 109 Å². The van der Waals surface area contributed by atoms with Gasteiger partial charge in [-0.2, -0.15) is 0 Å². The third kappa shape index (κ3) is 6.48. The second kappa shape index (κ2) is 12.0. The minimum atomic E-state index is 0.614. The van der Waals surface area contributed by atoms with Crippen molar-refractivity contribution in [2.75, 3.05) is 32.7 Å². The van der Waals surface area contributed by atoms with E-state index in [0.29, 0.717) is 11.5 Å². The van der Waals surface area contributed by atoms with Crippen LogP contribution in [0.15, 0.2) is 24.8 Å². The van der Waals surface area contributed by atoms with Gasteiger partial charge in [0.05, 0.1) is 13.1 Å². The molecule has 2 aliphatic heterocycles. The average Bonchev–Trinajstić information content (AvgIpc) is 3.65. The van der Waals surface area contributed by atoms with Crippen LogP contribution in [0.2, 0.25) is 0 Å². The molecule has 6 rings (SSSR count). The molecule has 4 fully saturated rings. The van der Waals surface area contributed by atoms with Crippen LogP contribution in [0, 0.1) is 11.3 Å². The highest BCUT2D eigenvalue weighted by atomic mass is 15.2. The van der Waals surface area contributed by atoms with Crippen molar-refractivity contribution in [3.63, 3.8) is 0 Å². The molecular formula is C30H49N7. The summed E-state index contributed by atoms with van der Waals surface area (Å²) in [6, 6.07) is 1.52. The monoisotopic (exact) mass is 507 g/mol. The molecule has 0 bridgehead atoms. The number of nitrogens with one attached hydrogen (secondary N) is 2. The van der Waals surface area contributed by atoms with E-state index in [-0.39, 0.29) is 0 Å². The first kappa shape index (κ1) is 25.6. The summed E-state index contributed by atoms with van der Waals surface area (Å²) in [5, 5.41) is 0. The Hall–Kier alpha value is -1.70. The van der Waals surface area contributed by atoms with Gasteiger partial charge >= 0.3 is 0 Å². The van der Waals surface area contributed by atoms with Gasteiger partial charge in [0, 0.05) is 50.0 Å². The normalized spacial score (nSPS) is 28.2. The Morgan fingerprint density at radius 1 is 0.784 bits per heavy atom. The van der Waals surface area contributed by atoms with E-state index in [1.165, 1.54) is 116 Å². The van der Waals surface area contributed by atoms with E-state index in [4.69, 9.17) is 0 Å². The van der Waals surface area contributed by atoms with Gasteiger partial charge in [-0.25, -0.2) is 9.97 Å². The van der Waals surface area contributed by atoms with Crippen molar-refractivity contribution in [1.29, 1.82) is 0 Å². The topological polar surface area (TPSA) is 67.1 Å². The zero-order chi connectivity index (χ0) is 24.9. The van der Waals surface area contributed by atoms with Crippen LogP contribution in [-0.2, 0) is 13.1 Å². The molecule has 204 valence electrons. The standard InChI is InChI=1S/C30H49N7/c1-2-5-26(6-3-1)36-19-12-30(13-20-36)11-4-18-35(24-30)21-25-7-9-27(10-8-25)37(22-28-31-14-15-32-28)23-29-33-16-17-34-29/h14-17,25-27H,1-13,18-24H2,(H,31,32)(H,33,34)/t25-,27-. The lowest BCUT2D eigenvalue weighted by Crippen LogP contribution is -2.52. The van der Waals surface area contributed by atoms with Crippen molar-refractivity contribution < 1.29 is 0 Å². The predicted molar refractivity (Wildman–Crippen MR) is 148 cm³/mol. The van der Waals surface area contributed by atoms with Crippen LogP contribution in [0.25, 0.3) is 0 Å². The second-order valence-electron chi connectivity index (χ2n) is 12.8. The SMILES string of the molecule is c1c[nH]c(CN(Cc2ncc[nH]2)[C@H]2CC[C@H](CN3CCCC4(CCN(C5CCCCC5)CC4)C3)CC2)n1. The lowest BCUT2D eigenvalue weighted by molar-refractivity contribution is -0.00284. The highest BCUT2D eigenvalue weighted by molar-refractivity contribution is 4.96. The Balaban J connectivity index is 0.985. The molecule has 0 amide bonds. The summed E-state index contributed by atoms with van der Waals surface area (Å²) in [7, 11) is 0. The summed E-state index contributed by atoms with van der Waals surface area (Å²) in [6.45, 7) is 8.50. The molecule has 2 aromatic heterocycles. The molecule has 37 heavy (non-hydrogen) atoms. The smallest absolute Gasteiger partial charge is 0.120 e. The van der Waals surface area contributed by atoms with Gasteiger partial charge < -0.3 is 19.8 Å². The fraction of sp³-hybridized carbons (Fsp3) is 0.800. The maximum atomic E-state index is 4.51. The van der Waals surface area contributed by atoms with E-state index in [2.05, 4.69) is 34.6 Å².